The summed E-state index contributed by atoms with van der Waals surface area (Å²) >= 11 is 1.05. The van der Waals surface area contributed by atoms with Crippen LogP contribution in [-0.2, 0) is 14.8 Å². The van der Waals surface area contributed by atoms with E-state index >= 15 is 0 Å². The summed E-state index contributed by atoms with van der Waals surface area (Å²) in [4.78, 5) is 12.3. The summed E-state index contributed by atoms with van der Waals surface area (Å²) in [6.45, 7) is 3.85. The number of amides is 1. The molecule has 8 heteroatoms. The van der Waals surface area contributed by atoms with Gasteiger partial charge in [0.2, 0.25) is 5.91 Å². The summed E-state index contributed by atoms with van der Waals surface area (Å²) in [5.74, 6) is -0.166. The van der Waals surface area contributed by atoms with Crippen molar-refractivity contribution in [2.75, 3.05) is 16.4 Å². The molecule has 25 heavy (non-hydrogen) atoms. The molecule has 130 valence electrons. The minimum atomic E-state index is -3.74. The van der Waals surface area contributed by atoms with Gasteiger partial charge in [-0.05, 0) is 37.1 Å². The lowest BCUT2D eigenvalue weighted by Gasteiger charge is -2.17. The number of sulfonamides is 1. The van der Waals surface area contributed by atoms with Gasteiger partial charge >= 0.3 is 0 Å². The number of hydrogen-bond acceptors (Lipinski definition) is 5. The molecule has 0 bridgehead atoms. The molecule has 0 saturated heterocycles. The van der Waals surface area contributed by atoms with Crippen LogP contribution in [0.2, 0.25) is 0 Å². The Bertz CT molecular complexity index is 949. The van der Waals surface area contributed by atoms with Gasteiger partial charge in [0.1, 0.15) is 4.90 Å². The van der Waals surface area contributed by atoms with E-state index in [9.17, 15) is 13.2 Å². The monoisotopic (exact) mass is 375 g/mol. The van der Waals surface area contributed by atoms with Gasteiger partial charge in [0.15, 0.2) is 5.17 Å². The Kier molecular flexibility index (Phi) is 4.82. The third-order valence-electron chi connectivity index (χ3n) is 3.70. The minimum absolute atomic E-state index is 0.0529. The fourth-order valence-corrected chi connectivity index (χ4v) is 4.51. The fourth-order valence-electron chi connectivity index (χ4n) is 2.47. The zero-order valence-electron chi connectivity index (χ0n) is 13.7. The van der Waals surface area contributed by atoms with E-state index in [1.165, 1.54) is 6.07 Å². The van der Waals surface area contributed by atoms with Crippen LogP contribution in [0.3, 0.4) is 0 Å². The Morgan fingerprint density at radius 3 is 2.52 bits per heavy atom. The molecule has 2 N–H and O–H groups in total. The van der Waals surface area contributed by atoms with Gasteiger partial charge in [0, 0.05) is 5.69 Å². The lowest BCUT2D eigenvalue weighted by atomic mass is 10.1. The molecule has 0 atom stereocenters. The second kappa shape index (κ2) is 6.89. The molecule has 0 saturated carbocycles. The van der Waals surface area contributed by atoms with Crippen LogP contribution >= 0.6 is 11.8 Å². The Morgan fingerprint density at radius 1 is 1.12 bits per heavy atom. The van der Waals surface area contributed by atoms with E-state index < -0.39 is 10.0 Å². The van der Waals surface area contributed by atoms with Gasteiger partial charge in [-0.1, -0.05) is 42.1 Å². The topological polar surface area (TPSA) is 87.6 Å². The molecular weight excluding hydrogens is 358 g/mol. The van der Waals surface area contributed by atoms with Crippen LogP contribution in [0.5, 0.6) is 0 Å². The summed E-state index contributed by atoms with van der Waals surface area (Å²) in [6, 6.07) is 12.3. The number of hydrogen-bond donors (Lipinski definition) is 2. The highest BCUT2D eigenvalue weighted by Gasteiger charge is 2.24. The maximum atomic E-state index is 12.2. The van der Waals surface area contributed by atoms with Gasteiger partial charge in [-0.2, -0.15) is 8.42 Å². The van der Waals surface area contributed by atoms with Crippen LogP contribution in [0.15, 0.2) is 51.8 Å². The van der Waals surface area contributed by atoms with E-state index in [0.717, 1.165) is 28.6 Å². The molecule has 2 aromatic carbocycles. The number of thioether (sulfide) groups is 1. The molecule has 0 unspecified atom stereocenters. The van der Waals surface area contributed by atoms with Crippen molar-refractivity contribution >= 4 is 44.2 Å². The van der Waals surface area contributed by atoms with Crippen molar-refractivity contribution in [1.29, 1.82) is 0 Å². The van der Waals surface area contributed by atoms with Crippen LogP contribution in [-0.4, -0.2) is 25.2 Å². The summed E-state index contributed by atoms with van der Waals surface area (Å²) in [5.41, 5.74) is 3.20. The van der Waals surface area contributed by atoms with Crippen molar-refractivity contribution in [1.82, 2.24) is 0 Å². The Hall–Kier alpha value is -2.32. The van der Waals surface area contributed by atoms with Crippen molar-refractivity contribution in [2.24, 2.45) is 4.40 Å². The highest BCUT2D eigenvalue weighted by Crippen LogP contribution is 2.29. The van der Waals surface area contributed by atoms with Crippen molar-refractivity contribution in [3.05, 3.63) is 53.6 Å². The van der Waals surface area contributed by atoms with Gasteiger partial charge in [0.05, 0.1) is 11.4 Å². The molecule has 2 aromatic rings. The largest absolute Gasteiger partial charge is 0.333 e. The highest BCUT2D eigenvalue weighted by atomic mass is 32.2. The summed E-state index contributed by atoms with van der Waals surface area (Å²) in [7, 11) is -3.74. The molecule has 0 aliphatic carbocycles. The first kappa shape index (κ1) is 17.5. The van der Waals surface area contributed by atoms with Gasteiger partial charge in [0.25, 0.3) is 10.0 Å². The van der Waals surface area contributed by atoms with E-state index in [2.05, 4.69) is 15.0 Å². The molecule has 0 fully saturated rings. The van der Waals surface area contributed by atoms with Crippen LogP contribution < -0.4 is 10.6 Å². The average molecular weight is 375 g/mol. The van der Waals surface area contributed by atoms with Crippen LogP contribution in [0.1, 0.15) is 11.1 Å². The van der Waals surface area contributed by atoms with Crippen LogP contribution in [0, 0.1) is 13.8 Å². The number of amidine groups is 1. The lowest BCUT2D eigenvalue weighted by molar-refractivity contribution is -0.113. The van der Waals surface area contributed by atoms with E-state index in [4.69, 9.17) is 0 Å². The minimum Gasteiger partial charge on any atom is -0.333 e. The smallest absolute Gasteiger partial charge is 0.286 e. The molecule has 1 heterocycles. The molecule has 1 aliphatic rings. The van der Waals surface area contributed by atoms with E-state index in [-0.39, 0.29) is 21.7 Å². The Morgan fingerprint density at radius 2 is 1.80 bits per heavy atom. The number of para-hydroxylation sites is 2. The third-order valence-corrected chi connectivity index (χ3v) is 6.02. The first-order valence-electron chi connectivity index (χ1n) is 7.57. The average Bonchev–Trinajstić information content (AvgIpc) is 2.56. The normalized spacial score (nSPS) is 14.9. The number of benzene rings is 2. The predicted molar refractivity (Wildman–Crippen MR) is 102 cm³/mol. The second-order valence-electron chi connectivity index (χ2n) is 5.60. The maximum Gasteiger partial charge on any atom is 0.286 e. The van der Waals surface area contributed by atoms with E-state index in [1.807, 2.05) is 32.0 Å². The Balaban J connectivity index is 1.68. The number of aryl methyl sites for hydroxylation is 2. The fraction of sp³-hybridized carbons (Fsp3) is 0.176. The zero-order valence-corrected chi connectivity index (χ0v) is 15.4. The van der Waals surface area contributed by atoms with Gasteiger partial charge in [-0.25, -0.2) is 0 Å². The molecule has 1 aliphatic heterocycles. The van der Waals surface area contributed by atoms with E-state index in [0.29, 0.717) is 5.69 Å². The summed E-state index contributed by atoms with van der Waals surface area (Å²) in [5, 5.41) is 6.00. The standard InChI is InChI=1S/C17H17N3O3S2/c1-11-6-5-7-12(2)16(11)19-15(21)10-24-17-18-13-8-3-4-9-14(13)25(22,23)20-17/h3-9H,10H2,1-2H3,(H,18,20)(H,19,21). The number of nitrogens with zero attached hydrogens (tertiary/aromatic N) is 1. The number of rotatable bonds is 3. The highest BCUT2D eigenvalue weighted by molar-refractivity contribution is 8.15. The molecule has 6 nitrogen and oxygen atoms in total. The van der Waals surface area contributed by atoms with Gasteiger partial charge < -0.3 is 10.6 Å². The molecule has 0 spiro atoms. The SMILES string of the molecule is Cc1cccc(C)c1NC(=O)CSC1=NS(=O)(=O)c2ccccc2N1. The number of carbonyl (C=O) groups is 1. The van der Waals surface area contributed by atoms with Crippen molar-refractivity contribution in [3.8, 4) is 0 Å². The number of nitrogens with one attached hydrogen (secondary N) is 2. The predicted octanol–water partition coefficient (Wildman–Crippen LogP) is 3.15. The third kappa shape index (κ3) is 3.85. The summed E-state index contributed by atoms with van der Waals surface area (Å²) in [6.07, 6.45) is 0. The van der Waals surface area contributed by atoms with Crippen molar-refractivity contribution in [2.45, 2.75) is 18.7 Å². The van der Waals surface area contributed by atoms with Gasteiger partial charge in [-0.3, -0.25) is 4.79 Å². The van der Waals surface area contributed by atoms with Crippen LogP contribution in [0.25, 0.3) is 0 Å². The molecular formula is C17H17N3O3S2. The van der Waals surface area contributed by atoms with E-state index in [1.54, 1.807) is 18.2 Å². The maximum absolute atomic E-state index is 12.2. The first-order valence-corrected chi connectivity index (χ1v) is 9.99. The van der Waals surface area contributed by atoms with Gasteiger partial charge in [-0.15, -0.1) is 4.40 Å². The number of carbonyl (C=O) groups excluding carboxylic acids is 1. The summed E-state index contributed by atoms with van der Waals surface area (Å²) < 4.78 is 28.1. The molecule has 3 rings (SSSR count). The van der Waals surface area contributed by atoms with Crippen molar-refractivity contribution in [3.63, 3.8) is 0 Å². The van der Waals surface area contributed by atoms with Crippen LogP contribution in [0.4, 0.5) is 11.4 Å². The molecule has 0 radical (unpaired) electrons. The lowest BCUT2D eigenvalue weighted by Crippen LogP contribution is -2.22. The number of fused-ring (bicyclic) bond motifs is 1. The second-order valence-corrected chi connectivity index (χ2v) is 8.13. The zero-order chi connectivity index (χ0) is 18.0. The first-order chi connectivity index (χ1) is 11.9. The molecule has 0 aromatic heterocycles. The van der Waals surface area contributed by atoms with Crippen molar-refractivity contribution < 1.29 is 13.2 Å². The number of anilines is 2. The quantitative estimate of drug-likeness (QED) is 0.860. The Labute approximate surface area is 150 Å². The molecule has 1 amide bonds.